The van der Waals surface area contributed by atoms with Gasteiger partial charge >= 0.3 is 5.76 Å². The van der Waals surface area contributed by atoms with Crippen LogP contribution in [-0.2, 0) is 6.42 Å². The third kappa shape index (κ3) is 0.776. The molecule has 0 fully saturated rings. The van der Waals surface area contributed by atoms with Gasteiger partial charge in [-0.15, -0.1) is 5.10 Å². The second-order valence-electron chi connectivity index (χ2n) is 1.36. The average molecular weight is 114 g/mol. The highest BCUT2D eigenvalue weighted by molar-refractivity contribution is 4.68. The second-order valence-corrected chi connectivity index (χ2v) is 1.36. The van der Waals surface area contributed by atoms with Gasteiger partial charge in [-0.05, 0) is 0 Å². The fraction of sp³-hybridized carbons (Fsp3) is 0.500. The predicted molar refractivity (Wildman–Crippen MR) is 26.5 cm³/mol. The molecule has 0 aliphatic heterocycles. The van der Waals surface area contributed by atoms with Gasteiger partial charge in [0.15, 0.2) is 0 Å². The molecule has 1 aromatic rings. The first kappa shape index (κ1) is 5.08. The molecule has 0 radical (unpaired) electrons. The summed E-state index contributed by atoms with van der Waals surface area (Å²) in [6.07, 6.45) is 0.652. The fourth-order valence-corrected chi connectivity index (χ4v) is 0.412. The Balaban J connectivity index is 3.01. The van der Waals surface area contributed by atoms with Crippen LogP contribution in [0.1, 0.15) is 12.8 Å². The highest BCUT2D eigenvalue weighted by atomic mass is 16.4. The minimum absolute atomic E-state index is 0.454. The SMILES string of the molecule is CCc1n[nH]c(=O)o1. The topological polar surface area (TPSA) is 58.9 Å². The van der Waals surface area contributed by atoms with Gasteiger partial charge in [0.05, 0.1) is 0 Å². The van der Waals surface area contributed by atoms with E-state index in [0.29, 0.717) is 12.3 Å². The highest BCUT2D eigenvalue weighted by Gasteiger charge is 1.93. The molecule has 0 amide bonds. The van der Waals surface area contributed by atoms with Crippen molar-refractivity contribution < 1.29 is 4.42 Å². The number of nitrogens with zero attached hydrogens (tertiary/aromatic N) is 1. The maximum atomic E-state index is 10.2. The minimum atomic E-state index is -0.484. The van der Waals surface area contributed by atoms with Crippen molar-refractivity contribution in [3.05, 3.63) is 16.4 Å². The molecule has 0 atom stereocenters. The van der Waals surface area contributed by atoms with Crippen LogP contribution in [0.3, 0.4) is 0 Å². The summed E-state index contributed by atoms with van der Waals surface area (Å²) < 4.78 is 4.51. The molecule has 0 saturated heterocycles. The third-order valence-corrected chi connectivity index (χ3v) is 0.785. The molecule has 1 aromatic heterocycles. The second kappa shape index (κ2) is 1.81. The molecule has 8 heavy (non-hydrogen) atoms. The molecule has 0 saturated carbocycles. The lowest BCUT2D eigenvalue weighted by Gasteiger charge is -1.74. The Labute approximate surface area is 45.5 Å². The number of H-pyrrole nitrogens is 1. The molecule has 0 aliphatic rings. The monoisotopic (exact) mass is 114 g/mol. The summed E-state index contributed by atoms with van der Waals surface area (Å²) in [5, 5.41) is 5.68. The lowest BCUT2D eigenvalue weighted by Crippen LogP contribution is -1.93. The Bertz CT molecular complexity index is 212. The van der Waals surface area contributed by atoms with Crippen molar-refractivity contribution in [1.29, 1.82) is 0 Å². The summed E-state index contributed by atoms with van der Waals surface area (Å²) in [7, 11) is 0. The molecule has 1 rings (SSSR count). The number of hydrogen-bond acceptors (Lipinski definition) is 3. The first-order chi connectivity index (χ1) is 3.83. The standard InChI is InChI=1S/C4H6N2O2/c1-2-3-5-6-4(7)8-3/h2H2,1H3,(H,6,7). The van der Waals surface area contributed by atoms with Gasteiger partial charge in [0.2, 0.25) is 5.89 Å². The lowest BCUT2D eigenvalue weighted by atomic mass is 10.5. The Morgan fingerprint density at radius 2 is 2.62 bits per heavy atom. The molecule has 44 valence electrons. The Morgan fingerprint density at radius 3 is 2.88 bits per heavy atom. The van der Waals surface area contributed by atoms with Crippen LogP contribution in [0.5, 0.6) is 0 Å². The van der Waals surface area contributed by atoms with Crippen molar-refractivity contribution in [2.45, 2.75) is 13.3 Å². The summed E-state index contributed by atoms with van der Waals surface area (Å²) in [5.74, 6) is -0.0307. The van der Waals surface area contributed by atoms with E-state index >= 15 is 0 Å². The number of nitrogens with one attached hydrogen (secondary N) is 1. The van der Waals surface area contributed by atoms with Crippen molar-refractivity contribution in [2.75, 3.05) is 0 Å². The largest absolute Gasteiger partial charge is 0.434 e. The zero-order valence-corrected chi connectivity index (χ0v) is 4.47. The van der Waals surface area contributed by atoms with Crippen LogP contribution in [0.2, 0.25) is 0 Å². The van der Waals surface area contributed by atoms with Crippen LogP contribution in [-0.4, -0.2) is 10.2 Å². The maximum absolute atomic E-state index is 10.2. The van der Waals surface area contributed by atoms with Gasteiger partial charge in [-0.2, -0.15) is 0 Å². The molecular formula is C4H6N2O2. The number of aromatic nitrogens is 2. The molecule has 4 nitrogen and oxygen atoms in total. The predicted octanol–water partition coefficient (Wildman–Crippen LogP) is -0.0747. The van der Waals surface area contributed by atoms with E-state index in [4.69, 9.17) is 0 Å². The Kier molecular flexibility index (Phi) is 1.15. The van der Waals surface area contributed by atoms with Gasteiger partial charge in [-0.1, -0.05) is 6.92 Å². The molecule has 0 aromatic carbocycles. The van der Waals surface area contributed by atoms with Crippen LogP contribution in [0, 0.1) is 0 Å². The molecule has 0 aliphatic carbocycles. The number of rotatable bonds is 1. The molecular weight excluding hydrogens is 108 g/mol. The van der Waals surface area contributed by atoms with Gasteiger partial charge < -0.3 is 4.42 Å². The summed E-state index contributed by atoms with van der Waals surface area (Å²) in [6.45, 7) is 1.86. The van der Waals surface area contributed by atoms with E-state index in [1.54, 1.807) is 0 Å². The smallest absolute Gasteiger partial charge is 0.393 e. The first-order valence-electron chi connectivity index (χ1n) is 2.37. The van der Waals surface area contributed by atoms with Crippen molar-refractivity contribution >= 4 is 0 Å². The van der Waals surface area contributed by atoms with Crippen molar-refractivity contribution in [3.63, 3.8) is 0 Å². The number of aromatic amines is 1. The van der Waals surface area contributed by atoms with Crippen LogP contribution < -0.4 is 5.76 Å². The molecule has 4 heteroatoms. The Morgan fingerprint density at radius 1 is 1.88 bits per heavy atom. The van der Waals surface area contributed by atoms with E-state index in [-0.39, 0.29) is 0 Å². The quantitative estimate of drug-likeness (QED) is 0.555. The minimum Gasteiger partial charge on any atom is -0.393 e. The number of hydrogen-bond donors (Lipinski definition) is 1. The van der Waals surface area contributed by atoms with E-state index in [1.165, 1.54) is 0 Å². The highest BCUT2D eigenvalue weighted by Crippen LogP contribution is 1.84. The van der Waals surface area contributed by atoms with Gasteiger partial charge in [0, 0.05) is 6.42 Å². The van der Waals surface area contributed by atoms with E-state index in [9.17, 15) is 4.79 Å². The van der Waals surface area contributed by atoms with Crippen molar-refractivity contribution in [1.82, 2.24) is 10.2 Å². The van der Waals surface area contributed by atoms with Gasteiger partial charge in [0.25, 0.3) is 0 Å². The third-order valence-electron chi connectivity index (χ3n) is 0.785. The zero-order chi connectivity index (χ0) is 5.98. The summed E-state index contributed by atoms with van der Waals surface area (Å²) in [5.41, 5.74) is 0. The normalized spacial score (nSPS) is 9.62. The summed E-state index contributed by atoms with van der Waals surface area (Å²) in [4.78, 5) is 10.2. The molecule has 1 N–H and O–H groups in total. The molecule has 1 heterocycles. The molecule has 0 spiro atoms. The summed E-state index contributed by atoms with van der Waals surface area (Å²) in [6, 6.07) is 0. The van der Waals surface area contributed by atoms with Crippen molar-refractivity contribution in [3.8, 4) is 0 Å². The lowest BCUT2D eigenvalue weighted by molar-refractivity contribution is 0.467. The van der Waals surface area contributed by atoms with E-state index in [2.05, 4.69) is 14.6 Å². The van der Waals surface area contributed by atoms with Crippen LogP contribution in [0.4, 0.5) is 0 Å². The van der Waals surface area contributed by atoms with Gasteiger partial charge in [-0.3, -0.25) is 0 Å². The van der Waals surface area contributed by atoms with Crippen LogP contribution in [0.15, 0.2) is 9.21 Å². The van der Waals surface area contributed by atoms with Gasteiger partial charge in [0.1, 0.15) is 0 Å². The molecule has 0 unspecified atom stereocenters. The summed E-state index contributed by atoms with van der Waals surface area (Å²) >= 11 is 0. The molecule has 0 bridgehead atoms. The van der Waals surface area contributed by atoms with E-state index in [1.807, 2.05) is 6.92 Å². The number of aryl methyl sites for hydroxylation is 1. The van der Waals surface area contributed by atoms with Crippen LogP contribution in [0.25, 0.3) is 0 Å². The average Bonchev–Trinajstić information content (AvgIpc) is 2.14. The van der Waals surface area contributed by atoms with E-state index < -0.39 is 5.76 Å². The van der Waals surface area contributed by atoms with Gasteiger partial charge in [-0.25, -0.2) is 9.89 Å². The van der Waals surface area contributed by atoms with E-state index in [0.717, 1.165) is 0 Å². The zero-order valence-electron chi connectivity index (χ0n) is 4.47. The van der Waals surface area contributed by atoms with Crippen LogP contribution >= 0.6 is 0 Å². The Hall–Kier alpha value is -1.06. The van der Waals surface area contributed by atoms with Crippen molar-refractivity contribution in [2.24, 2.45) is 0 Å². The fourth-order valence-electron chi connectivity index (χ4n) is 0.412. The maximum Gasteiger partial charge on any atom is 0.434 e. The first-order valence-corrected chi connectivity index (χ1v) is 2.37.